The molecule has 0 aromatic heterocycles. The summed E-state index contributed by atoms with van der Waals surface area (Å²) in [6, 6.07) is 26.1. The van der Waals surface area contributed by atoms with E-state index < -0.39 is 65.3 Å². The summed E-state index contributed by atoms with van der Waals surface area (Å²) in [5.41, 5.74) is 6.72. The number of hydrogen-bond donors (Lipinski definition) is 0. The highest BCUT2D eigenvalue weighted by molar-refractivity contribution is 6.60. The van der Waals surface area contributed by atoms with Crippen molar-refractivity contribution in [3.63, 3.8) is 0 Å². The third-order valence-corrected chi connectivity index (χ3v) is 23.4. The smallest absolute Gasteiger partial charge is 0.462 e. The van der Waals surface area contributed by atoms with E-state index in [1.54, 1.807) is 24.3 Å². The quantitative estimate of drug-likeness (QED) is 0.00951. The Labute approximate surface area is 607 Å². The fourth-order valence-electron chi connectivity index (χ4n) is 14.3. The maximum atomic E-state index is 16.3. The van der Waals surface area contributed by atoms with Gasteiger partial charge in [0.15, 0.2) is 0 Å². The molecule has 2 aliphatic heterocycles. The van der Waals surface area contributed by atoms with E-state index in [0.717, 1.165) is 54.3 Å². The van der Waals surface area contributed by atoms with Gasteiger partial charge in [0, 0.05) is 85.7 Å². The summed E-state index contributed by atoms with van der Waals surface area (Å²) in [4.78, 5) is 97.1. The van der Waals surface area contributed by atoms with Crippen molar-refractivity contribution in [2.75, 3.05) is 81.5 Å². The molecule has 0 saturated carbocycles. The van der Waals surface area contributed by atoms with E-state index in [4.69, 9.17) is 64.5 Å². The van der Waals surface area contributed by atoms with E-state index in [9.17, 15) is 9.59 Å². The number of esters is 2. The average Bonchev–Trinajstić information content (AvgIpc) is 0.671. The van der Waals surface area contributed by atoms with Gasteiger partial charge in [0.05, 0.1) is 35.5 Å². The number of amides is 4. The van der Waals surface area contributed by atoms with Gasteiger partial charge in [-0.15, -0.1) is 0 Å². The topological polar surface area (TPSA) is 238 Å². The van der Waals surface area contributed by atoms with Gasteiger partial charge in [-0.3, -0.25) is 29.0 Å². The van der Waals surface area contributed by atoms with Crippen molar-refractivity contribution < 1.29 is 93.2 Å². The molecule has 104 heavy (non-hydrogen) atoms. The van der Waals surface area contributed by atoms with Crippen molar-refractivity contribution >= 4 is 96.3 Å². The Morgan fingerprint density at radius 1 is 0.327 bits per heavy atom. The van der Waals surface area contributed by atoms with Crippen LogP contribution in [0.1, 0.15) is 126 Å². The minimum atomic E-state index is -3.18. The summed E-state index contributed by atoms with van der Waals surface area (Å²) in [7, 11) is 2.34. The number of aryl methyl sites for hydroxylation is 8. The van der Waals surface area contributed by atoms with Gasteiger partial charge in [0.2, 0.25) is 0 Å². The molecular formula is C80H90N2O20Si2. The first-order valence-electron chi connectivity index (χ1n) is 34.5. The Bertz CT molecular complexity index is 4220. The van der Waals surface area contributed by atoms with Crippen LogP contribution in [-0.2, 0) is 55.1 Å². The molecule has 0 spiro atoms. The first-order valence-corrected chi connectivity index (χ1v) is 38.4. The van der Waals surface area contributed by atoms with E-state index >= 15 is 19.2 Å². The van der Waals surface area contributed by atoms with Gasteiger partial charge in [0.1, 0.15) is 83.8 Å². The van der Waals surface area contributed by atoms with Crippen molar-refractivity contribution in [2.24, 2.45) is 11.8 Å². The molecule has 24 heteroatoms. The van der Waals surface area contributed by atoms with Gasteiger partial charge in [-0.1, -0.05) is 52.0 Å². The number of carbonyl (C=O) groups excluding carboxylic acids is 6. The van der Waals surface area contributed by atoms with Crippen LogP contribution in [0.15, 0.2) is 97.1 Å². The van der Waals surface area contributed by atoms with Crippen LogP contribution in [0.3, 0.4) is 0 Å². The minimum absolute atomic E-state index is 0.000127. The molecule has 2 heterocycles. The molecular weight excluding hydrogens is 1370 g/mol. The van der Waals surface area contributed by atoms with Crippen LogP contribution in [0.5, 0.6) is 46.0 Å². The zero-order chi connectivity index (χ0) is 75.0. The van der Waals surface area contributed by atoms with Crippen LogP contribution in [0.4, 0.5) is 0 Å². The molecule has 0 aliphatic carbocycles. The van der Waals surface area contributed by atoms with E-state index in [1.165, 1.54) is 42.7 Å². The summed E-state index contributed by atoms with van der Waals surface area (Å²) in [5.74, 6) is -3.80. The molecule has 0 bridgehead atoms. The molecule has 0 fully saturated rings. The van der Waals surface area contributed by atoms with Crippen molar-refractivity contribution in [3.8, 4) is 46.0 Å². The zero-order valence-corrected chi connectivity index (χ0v) is 64.3. The van der Waals surface area contributed by atoms with Crippen molar-refractivity contribution in [1.29, 1.82) is 0 Å². The summed E-state index contributed by atoms with van der Waals surface area (Å²) in [5, 5.41) is 1.98. The van der Waals surface area contributed by atoms with Crippen molar-refractivity contribution in [1.82, 2.24) is 9.80 Å². The third kappa shape index (κ3) is 15.2. The van der Waals surface area contributed by atoms with Gasteiger partial charge in [-0.05, 0) is 197 Å². The maximum absolute atomic E-state index is 16.3. The van der Waals surface area contributed by atoms with Crippen LogP contribution in [-0.4, -0.2) is 157 Å². The summed E-state index contributed by atoms with van der Waals surface area (Å²) in [6.45, 7) is 22.2. The Balaban J connectivity index is 1.25. The molecule has 0 N–H and O–H groups in total. The predicted molar refractivity (Wildman–Crippen MR) is 396 cm³/mol. The molecule has 2 unspecified atom stereocenters. The molecule has 11 rings (SSSR count). The number of rotatable bonds is 32. The minimum Gasteiger partial charge on any atom is -0.462 e. The zero-order valence-electron chi connectivity index (χ0n) is 62.3. The lowest BCUT2D eigenvalue weighted by Crippen LogP contribution is -2.52. The maximum Gasteiger partial charge on any atom is 0.527 e. The molecule has 0 saturated heterocycles. The number of carbonyl (C=O) groups is 6. The van der Waals surface area contributed by atoms with Crippen molar-refractivity contribution in [3.05, 3.63) is 164 Å². The normalized spacial score (nSPS) is 13.9. The number of ether oxygens (including phenoxy) is 8. The van der Waals surface area contributed by atoms with Gasteiger partial charge >= 0.3 is 29.5 Å². The van der Waals surface area contributed by atoms with Crippen LogP contribution >= 0.6 is 0 Å². The SMILES string of the molecule is CO[Si](COCCOC(=O)C(CC(C)C)N1C(=O)c2cc(Oc3cc(C)cc(C)c3)c3c4c(Oc5cc(C)cc(C)c5)cc5c6c(cc(Oc7cc(C)cc(C)c7)c(c7c(Oc8cc(C)cc(C)c8)cc(c2c37)C1=O)c64)C(=O)N(C(CC(C)C)C(=O)OCCOC[Si](OC)(OC)OC)C5=O)(OC)OC. The van der Waals surface area contributed by atoms with E-state index in [-0.39, 0.29) is 152 Å². The largest absolute Gasteiger partial charge is 0.527 e. The number of imide groups is 2. The molecule has 9 aromatic rings. The van der Waals surface area contributed by atoms with E-state index in [0.29, 0.717) is 23.0 Å². The molecule has 0 radical (unpaired) electrons. The van der Waals surface area contributed by atoms with Crippen LogP contribution in [0.25, 0.3) is 43.1 Å². The number of nitrogens with zero attached hydrogens (tertiary/aromatic N) is 2. The molecule has 548 valence electrons. The Morgan fingerprint density at radius 3 is 0.769 bits per heavy atom. The number of hydrogen-bond acceptors (Lipinski definition) is 20. The highest BCUT2D eigenvalue weighted by Gasteiger charge is 2.48. The van der Waals surface area contributed by atoms with E-state index in [1.807, 2.05) is 156 Å². The number of benzene rings is 9. The summed E-state index contributed by atoms with van der Waals surface area (Å²) >= 11 is 0. The number of fused-ring (bicyclic) bond motifs is 2. The second kappa shape index (κ2) is 31.2. The second-order valence-electron chi connectivity index (χ2n) is 27.7. The molecule has 4 amide bonds. The van der Waals surface area contributed by atoms with Crippen LogP contribution < -0.4 is 18.9 Å². The van der Waals surface area contributed by atoms with Crippen molar-refractivity contribution in [2.45, 2.75) is 108 Å². The summed E-state index contributed by atoms with van der Waals surface area (Å²) < 4.78 is 85.9. The van der Waals surface area contributed by atoms with Crippen LogP contribution in [0.2, 0.25) is 0 Å². The molecule has 2 aliphatic rings. The second-order valence-corrected chi connectivity index (χ2v) is 33.4. The van der Waals surface area contributed by atoms with Gasteiger partial charge in [0.25, 0.3) is 23.6 Å². The lowest BCUT2D eigenvalue weighted by atomic mass is 9.80. The lowest BCUT2D eigenvalue weighted by Gasteiger charge is -2.36. The fourth-order valence-corrected chi connectivity index (χ4v) is 16.8. The molecule has 2 atom stereocenters. The molecule has 22 nitrogen and oxygen atoms in total. The van der Waals surface area contributed by atoms with Gasteiger partial charge < -0.3 is 64.5 Å². The highest BCUT2D eigenvalue weighted by Crippen LogP contribution is 2.58. The van der Waals surface area contributed by atoms with E-state index in [2.05, 4.69) is 0 Å². The summed E-state index contributed by atoms with van der Waals surface area (Å²) in [6.07, 6.45) is -0.103. The fraction of sp³-hybridized carbons (Fsp3) is 0.375. The first-order chi connectivity index (χ1) is 49.6. The standard InChI is InChI=1S/C80H90N2O20Si2/c1-43(2)23-61(79(87)97-21-19-95-41-103(89-13,90-14)91-15)81-75(83)57-37-63(99-53-29-45(5)25-46(6)30-53)69-71-65(101-55-33-49(9)27-50(10)34-55)39-59-68-60(78(86)82(77(59)85)62(24-44(3)4)80(88)98-22-20-96-42-104(92-16,93-17)94-18)40-66(102-56-35-51(11)28-52(12)36-56)72(74(68)71)70-64(38-58(76(81)84)67(57)73(69)70)100-54-31-47(7)26-48(8)32-54/h25-40,43-44,61-62H,19-24,41-42H2,1-18H3. The molecule has 9 aromatic carbocycles. The Kier molecular flexibility index (Phi) is 22.8. The predicted octanol–water partition coefficient (Wildman–Crippen LogP) is 15.3. The Hall–Kier alpha value is -9.19. The Morgan fingerprint density at radius 2 is 0.558 bits per heavy atom. The van der Waals surface area contributed by atoms with Gasteiger partial charge in [-0.2, -0.15) is 0 Å². The average molecular weight is 1460 g/mol. The third-order valence-electron chi connectivity index (χ3n) is 18.6. The lowest BCUT2D eigenvalue weighted by molar-refractivity contribution is -0.151. The monoisotopic (exact) mass is 1450 g/mol. The van der Waals surface area contributed by atoms with Crippen LogP contribution in [0, 0.1) is 67.2 Å². The highest BCUT2D eigenvalue weighted by atomic mass is 28.4. The first kappa shape index (κ1) is 76.0. The van der Waals surface area contributed by atoms with Gasteiger partial charge in [-0.25, -0.2) is 9.59 Å².